The van der Waals surface area contributed by atoms with Crippen molar-refractivity contribution in [2.45, 2.75) is 38.3 Å². The molecule has 2 N–H and O–H groups in total. The van der Waals surface area contributed by atoms with Crippen molar-refractivity contribution in [3.05, 3.63) is 0 Å². The summed E-state index contributed by atoms with van der Waals surface area (Å²) in [5, 5.41) is 12.6. The molecular formula is C13H26N2O2. The summed E-state index contributed by atoms with van der Waals surface area (Å²) in [4.78, 5) is 2.56. The fourth-order valence-electron chi connectivity index (χ4n) is 2.91. The molecule has 0 aromatic heterocycles. The predicted octanol–water partition coefficient (Wildman–Crippen LogP) is 0.458. The van der Waals surface area contributed by atoms with Gasteiger partial charge in [-0.2, -0.15) is 0 Å². The Labute approximate surface area is 104 Å². The number of aliphatic hydroxyl groups excluding tert-OH is 1. The van der Waals surface area contributed by atoms with Crippen molar-refractivity contribution in [1.82, 2.24) is 10.2 Å². The van der Waals surface area contributed by atoms with Crippen molar-refractivity contribution >= 4 is 0 Å². The summed E-state index contributed by atoms with van der Waals surface area (Å²) in [7, 11) is 0. The Morgan fingerprint density at radius 3 is 2.76 bits per heavy atom. The fourth-order valence-corrected chi connectivity index (χ4v) is 2.91. The molecule has 2 aliphatic rings. The van der Waals surface area contributed by atoms with Gasteiger partial charge in [-0.1, -0.05) is 0 Å². The summed E-state index contributed by atoms with van der Waals surface area (Å²) in [6.45, 7) is 7.66. The largest absolute Gasteiger partial charge is 0.396 e. The number of rotatable bonds is 4. The summed E-state index contributed by atoms with van der Waals surface area (Å²) < 4.78 is 5.49. The molecule has 2 unspecified atom stereocenters. The lowest BCUT2D eigenvalue weighted by atomic mass is 9.95. The van der Waals surface area contributed by atoms with Crippen LogP contribution in [0.1, 0.15) is 26.2 Å². The quantitative estimate of drug-likeness (QED) is 0.752. The molecule has 2 saturated heterocycles. The summed E-state index contributed by atoms with van der Waals surface area (Å²) >= 11 is 0. The van der Waals surface area contributed by atoms with Gasteiger partial charge in [-0.3, -0.25) is 0 Å². The minimum atomic E-state index is 0.361. The number of morpholine rings is 1. The van der Waals surface area contributed by atoms with Gasteiger partial charge in [0.15, 0.2) is 0 Å². The molecule has 0 bridgehead atoms. The number of likely N-dealkylation sites (tertiary alicyclic amines) is 1. The van der Waals surface area contributed by atoms with Gasteiger partial charge >= 0.3 is 0 Å². The summed E-state index contributed by atoms with van der Waals surface area (Å²) in [5.41, 5.74) is 0. The average Bonchev–Trinajstić information content (AvgIpc) is 2.40. The lowest BCUT2D eigenvalue weighted by molar-refractivity contribution is 0.0526. The number of piperidine rings is 1. The van der Waals surface area contributed by atoms with Gasteiger partial charge in [0, 0.05) is 25.2 Å². The molecule has 0 aliphatic carbocycles. The molecular weight excluding hydrogens is 216 g/mol. The highest BCUT2D eigenvalue weighted by Gasteiger charge is 2.24. The maximum Gasteiger partial charge on any atom is 0.0620 e. The van der Waals surface area contributed by atoms with Crippen molar-refractivity contribution < 1.29 is 9.84 Å². The van der Waals surface area contributed by atoms with E-state index >= 15 is 0 Å². The predicted molar refractivity (Wildman–Crippen MR) is 68.1 cm³/mol. The van der Waals surface area contributed by atoms with E-state index in [4.69, 9.17) is 9.84 Å². The number of ether oxygens (including phenoxy) is 1. The van der Waals surface area contributed by atoms with E-state index in [9.17, 15) is 0 Å². The van der Waals surface area contributed by atoms with E-state index in [1.54, 1.807) is 0 Å². The minimum absolute atomic E-state index is 0.361. The first-order valence-corrected chi connectivity index (χ1v) is 6.95. The first-order chi connectivity index (χ1) is 8.29. The van der Waals surface area contributed by atoms with Gasteiger partial charge in [-0.05, 0) is 45.2 Å². The van der Waals surface area contributed by atoms with Crippen molar-refractivity contribution in [3.63, 3.8) is 0 Å². The third-order valence-corrected chi connectivity index (χ3v) is 4.15. The highest BCUT2D eigenvalue weighted by atomic mass is 16.5. The lowest BCUT2D eigenvalue weighted by Crippen LogP contribution is -2.47. The minimum Gasteiger partial charge on any atom is -0.396 e. The van der Waals surface area contributed by atoms with Crippen molar-refractivity contribution in [3.8, 4) is 0 Å². The van der Waals surface area contributed by atoms with Gasteiger partial charge in [-0.15, -0.1) is 0 Å². The normalized spacial score (nSPS) is 30.4. The first-order valence-electron chi connectivity index (χ1n) is 6.95. The second-order valence-corrected chi connectivity index (χ2v) is 5.47. The van der Waals surface area contributed by atoms with E-state index in [0.717, 1.165) is 45.7 Å². The second kappa shape index (κ2) is 6.69. The Bertz CT molecular complexity index is 211. The van der Waals surface area contributed by atoms with Crippen molar-refractivity contribution in [2.24, 2.45) is 5.92 Å². The molecule has 4 nitrogen and oxygen atoms in total. The van der Waals surface area contributed by atoms with Gasteiger partial charge in [0.1, 0.15) is 0 Å². The molecule has 2 heterocycles. The van der Waals surface area contributed by atoms with Crippen molar-refractivity contribution in [1.29, 1.82) is 0 Å². The maximum atomic E-state index is 9.13. The van der Waals surface area contributed by atoms with Crippen LogP contribution in [0.5, 0.6) is 0 Å². The zero-order valence-corrected chi connectivity index (χ0v) is 10.9. The molecule has 0 saturated carbocycles. The molecule has 0 amide bonds. The third-order valence-electron chi connectivity index (χ3n) is 4.15. The monoisotopic (exact) mass is 242 g/mol. The number of nitrogens with one attached hydrogen (secondary N) is 1. The van der Waals surface area contributed by atoms with E-state index < -0.39 is 0 Å². The molecule has 0 aromatic rings. The van der Waals surface area contributed by atoms with Crippen molar-refractivity contribution in [2.75, 3.05) is 39.5 Å². The van der Waals surface area contributed by atoms with E-state index in [0.29, 0.717) is 24.6 Å². The van der Waals surface area contributed by atoms with Gasteiger partial charge in [0.05, 0.1) is 13.2 Å². The lowest BCUT2D eigenvalue weighted by Gasteiger charge is -2.37. The molecule has 4 heteroatoms. The van der Waals surface area contributed by atoms with Crippen LogP contribution in [-0.4, -0.2) is 61.5 Å². The average molecular weight is 242 g/mol. The smallest absolute Gasteiger partial charge is 0.0620 e. The number of aliphatic hydroxyl groups is 1. The zero-order valence-electron chi connectivity index (χ0n) is 10.9. The molecule has 2 aliphatic heterocycles. The highest BCUT2D eigenvalue weighted by molar-refractivity contribution is 4.81. The summed E-state index contributed by atoms with van der Waals surface area (Å²) in [5.74, 6) is 0.537. The van der Waals surface area contributed by atoms with Gasteiger partial charge < -0.3 is 20.1 Å². The van der Waals surface area contributed by atoms with Gasteiger partial charge in [0.25, 0.3) is 0 Å². The van der Waals surface area contributed by atoms with E-state index in [2.05, 4.69) is 17.1 Å². The van der Waals surface area contributed by atoms with Gasteiger partial charge in [0.2, 0.25) is 0 Å². The molecule has 2 rings (SSSR count). The van der Waals surface area contributed by atoms with Crippen LogP contribution in [0.2, 0.25) is 0 Å². The Kier molecular flexibility index (Phi) is 5.22. The fraction of sp³-hybridized carbons (Fsp3) is 1.00. The van der Waals surface area contributed by atoms with E-state index in [-0.39, 0.29) is 0 Å². The molecule has 0 radical (unpaired) electrons. The van der Waals surface area contributed by atoms with Gasteiger partial charge in [-0.25, -0.2) is 0 Å². The molecule has 0 aromatic carbocycles. The second-order valence-electron chi connectivity index (χ2n) is 5.47. The Morgan fingerprint density at radius 2 is 2.18 bits per heavy atom. The molecule has 0 spiro atoms. The van der Waals surface area contributed by atoms with E-state index in [1.165, 1.54) is 6.42 Å². The number of hydrogen-bond acceptors (Lipinski definition) is 4. The standard InChI is InChI=1S/C13H26N2O2/c1-11(8-13-10-17-7-4-14-13)15-5-2-12(9-16)3-6-15/h11-14,16H,2-10H2,1H3. The molecule has 2 fully saturated rings. The molecule has 2 atom stereocenters. The van der Waals surface area contributed by atoms with Crippen LogP contribution in [0.3, 0.4) is 0 Å². The number of nitrogens with zero attached hydrogens (tertiary/aromatic N) is 1. The van der Waals surface area contributed by atoms with Crippen LogP contribution >= 0.6 is 0 Å². The Morgan fingerprint density at radius 1 is 1.41 bits per heavy atom. The highest BCUT2D eigenvalue weighted by Crippen LogP contribution is 2.20. The summed E-state index contributed by atoms with van der Waals surface area (Å²) in [6.07, 6.45) is 3.47. The van der Waals surface area contributed by atoms with Crippen LogP contribution < -0.4 is 5.32 Å². The van der Waals surface area contributed by atoms with Crippen LogP contribution in [-0.2, 0) is 4.74 Å². The Hall–Kier alpha value is -0.160. The SMILES string of the molecule is CC(CC1COCCN1)N1CCC(CO)CC1. The maximum absolute atomic E-state index is 9.13. The molecule has 100 valence electrons. The number of hydrogen-bond donors (Lipinski definition) is 2. The third kappa shape index (κ3) is 3.91. The van der Waals surface area contributed by atoms with Crippen LogP contribution in [0.15, 0.2) is 0 Å². The van der Waals surface area contributed by atoms with E-state index in [1.807, 2.05) is 0 Å². The topological polar surface area (TPSA) is 44.7 Å². The van der Waals surface area contributed by atoms with Crippen LogP contribution in [0, 0.1) is 5.92 Å². The Balaban J connectivity index is 1.70. The van der Waals surface area contributed by atoms with Crippen LogP contribution in [0.4, 0.5) is 0 Å². The van der Waals surface area contributed by atoms with Crippen LogP contribution in [0.25, 0.3) is 0 Å². The summed E-state index contributed by atoms with van der Waals surface area (Å²) in [6, 6.07) is 1.14. The first kappa shape index (κ1) is 13.3. The molecule has 17 heavy (non-hydrogen) atoms. The zero-order chi connectivity index (χ0) is 12.1.